The van der Waals surface area contributed by atoms with Gasteiger partial charge in [-0.2, -0.15) is 0 Å². The summed E-state index contributed by atoms with van der Waals surface area (Å²) in [5, 5.41) is 0. The molecule has 0 rings (SSSR count). The van der Waals surface area contributed by atoms with Gasteiger partial charge in [0.2, 0.25) is 0 Å². The molecule has 0 amide bonds. The Hall–Kier alpha value is -0.310. The van der Waals surface area contributed by atoms with Crippen molar-refractivity contribution in [1.29, 1.82) is 0 Å². The number of allylic oxidation sites excluding steroid dienone is 1. The topological polar surface area (TPSA) is 26.3 Å². The van der Waals surface area contributed by atoms with Crippen LogP contribution in [0, 0.1) is 0 Å². The van der Waals surface area contributed by atoms with Crippen LogP contribution in [0.25, 0.3) is 0 Å². The maximum absolute atomic E-state index is 11.4. The van der Waals surface area contributed by atoms with Crippen LogP contribution in [0.3, 0.4) is 0 Å². The standard InChI is InChI=1S/C15H27BrO2/c1-3-5-7-8-9-10-11-14(16)13-15(17)18-12-6-4-2/h13H,3-12H2,1-2H3/b14-13-. The van der Waals surface area contributed by atoms with Crippen LogP contribution in [0.1, 0.15) is 71.6 Å². The summed E-state index contributed by atoms with van der Waals surface area (Å²) < 4.78 is 6.03. The maximum Gasteiger partial charge on any atom is 0.331 e. The second kappa shape index (κ2) is 13.1. The third-order valence-electron chi connectivity index (χ3n) is 2.79. The van der Waals surface area contributed by atoms with Crippen LogP contribution in [-0.2, 0) is 9.53 Å². The van der Waals surface area contributed by atoms with Crippen molar-refractivity contribution < 1.29 is 9.53 Å². The summed E-state index contributed by atoms with van der Waals surface area (Å²) in [5.74, 6) is -0.221. The average molecular weight is 319 g/mol. The van der Waals surface area contributed by atoms with E-state index in [4.69, 9.17) is 4.74 Å². The Balaban J connectivity index is 3.54. The minimum absolute atomic E-state index is 0.221. The first-order valence-electron chi connectivity index (χ1n) is 7.23. The summed E-state index contributed by atoms with van der Waals surface area (Å²) in [6, 6.07) is 0. The second-order valence-electron chi connectivity index (χ2n) is 4.63. The maximum atomic E-state index is 11.4. The predicted octanol–water partition coefficient (Wildman–Crippen LogP) is 5.36. The lowest BCUT2D eigenvalue weighted by Gasteiger charge is -2.02. The number of esters is 1. The van der Waals surface area contributed by atoms with Crippen LogP contribution in [0.4, 0.5) is 0 Å². The molecule has 3 heteroatoms. The van der Waals surface area contributed by atoms with E-state index in [1.807, 2.05) is 0 Å². The van der Waals surface area contributed by atoms with Crippen LogP contribution >= 0.6 is 15.9 Å². The molecule has 18 heavy (non-hydrogen) atoms. The summed E-state index contributed by atoms with van der Waals surface area (Å²) in [6.45, 7) is 4.84. The molecule has 0 radical (unpaired) electrons. The summed E-state index contributed by atoms with van der Waals surface area (Å²) in [7, 11) is 0. The molecule has 0 unspecified atom stereocenters. The first-order chi connectivity index (χ1) is 8.70. The molecule has 0 atom stereocenters. The number of hydrogen-bond acceptors (Lipinski definition) is 2. The van der Waals surface area contributed by atoms with Crippen molar-refractivity contribution in [1.82, 2.24) is 0 Å². The molecule has 106 valence electrons. The number of rotatable bonds is 11. The van der Waals surface area contributed by atoms with Crippen molar-refractivity contribution >= 4 is 21.9 Å². The molecule has 0 aromatic heterocycles. The zero-order valence-corrected chi connectivity index (χ0v) is 13.4. The average Bonchev–Trinajstić information content (AvgIpc) is 2.34. The Morgan fingerprint density at radius 3 is 2.28 bits per heavy atom. The van der Waals surface area contributed by atoms with Gasteiger partial charge in [0.25, 0.3) is 0 Å². The van der Waals surface area contributed by atoms with Gasteiger partial charge in [-0.05, 0) is 19.3 Å². The molecule has 0 heterocycles. The highest BCUT2D eigenvalue weighted by atomic mass is 79.9. The summed E-state index contributed by atoms with van der Waals surface area (Å²) in [6.07, 6.45) is 12.1. The van der Waals surface area contributed by atoms with Crippen molar-refractivity contribution in [3.05, 3.63) is 10.6 Å². The Bertz CT molecular complexity index is 237. The van der Waals surface area contributed by atoms with Crippen LogP contribution in [0.15, 0.2) is 10.6 Å². The molecular formula is C15H27BrO2. The number of carbonyl (C=O) groups is 1. The number of halogens is 1. The van der Waals surface area contributed by atoms with Gasteiger partial charge in [-0.1, -0.05) is 68.3 Å². The van der Waals surface area contributed by atoms with Crippen molar-refractivity contribution in [3.8, 4) is 0 Å². The lowest BCUT2D eigenvalue weighted by molar-refractivity contribution is -0.137. The van der Waals surface area contributed by atoms with Crippen LogP contribution in [-0.4, -0.2) is 12.6 Å². The Morgan fingerprint density at radius 1 is 1.00 bits per heavy atom. The highest BCUT2D eigenvalue weighted by Crippen LogP contribution is 2.16. The zero-order chi connectivity index (χ0) is 13.6. The monoisotopic (exact) mass is 318 g/mol. The van der Waals surface area contributed by atoms with Crippen molar-refractivity contribution in [3.63, 3.8) is 0 Å². The highest BCUT2D eigenvalue weighted by Gasteiger charge is 2.00. The number of unbranched alkanes of at least 4 members (excludes halogenated alkanes) is 6. The van der Waals surface area contributed by atoms with Crippen molar-refractivity contribution in [2.75, 3.05) is 6.61 Å². The Labute approximate surface area is 120 Å². The molecule has 0 saturated carbocycles. The van der Waals surface area contributed by atoms with Crippen LogP contribution in [0.5, 0.6) is 0 Å². The van der Waals surface area contributed by atoms with Gasteiger partial charge in [-0.15, -0.1) is 0 Å². The van der Waals surface area contributed by atoms with Crippen LogP contribution < -0.4 is 0 Å². The normalized spacial score (nSPS) is 11.6. The van der Waals surface area contributed by atoms with E-state index in [2.05, 4.69) is 29.8 Å². The molecule has 2 nitrogen and oxygen atoms in total. The molecule has 0 aromatic rings. The fourth-order valence-corrected chi connectivity index (χ4v) is 2.10. The van der Waals surface area contributed by atoms with E-state index in [-0.39, 0.29) is 5.97 Å². The van der Waals surface area contributed by atoms with Gasteiger partial charge >= 0.3 is 5.97 Å². The molecule has 0 fully saturated rings. The number of ether oxygens (including phenoxy) is 1. The van der Waals surface area contributed by atoms with Crippen molar-refractivity contribution in [2.45, 2.75) is 71.6 Å². The number of carbonyl (C=O) groups excluding carboxylic acids is 1. The van der Waals surface area contributed by atoms with E-state index in [0.717, 1.165) is 30.2 Å². The smallest absolute Gasteiger partial charge is 0.331 e. The zero-order valence-electron chi connectivity index (χ0n) is 11.8. The third kappa shape index (κ3) is 12.2. The van der Waals surface area contributed by atoms with E-state index < -0.39 is 0 Å². The van der Waals surface area contributed by atoms with Gasteiger partial charge in [0.05, 0.1) is 6.61 Å². The van der Waals surface area contributed by atoms with Crippen molar-refractivity contribution in [2.24, 2.45) is 0 Å². The van der Waals surface area contributed by atoms with E-state index in [1.54, 1.807) is 6.08 Å². The largest absolute Gasteiger partial charge is 0.463 e. The van der Waals surface area contributed by atoms with Gasteiger partial charge < -0.3 is 4.74 Å². The molecule has 0 aliphatic carbocycles. The van der Waals surface area contributed by atoms with E-state index in [1.165, 1.54) is 32.1 Å². The first kappa shape index (κ1) is 17.7. The molecule has 0 spiro atoms. The minimum Gasteiger partial charge on any atom is -0.463 e. The lowest BCUT2D eigenvalue weighted by Crippen LogP contribution is -2.02. The third-order valence-corrected chi connectivity index (χ3v) is 3.41. The summed E-state index contributed by atoms with van der Waals surface area (Å²) in [5.41, 5.74) is 0. The van der Waals surface area contributed by atoms with Gasteiger partial charge in [-0.25, -0.2) is 4.79 Å². The van der Waals surface area contributed by atoms with Gasteiger partial charge in [0.1, 0.15) is 0 Å². The molecular weight excluding hydrogens is 292 g/mol. The minimum atomic E-state index is -0.221. The fraction of sp³-hybridized carbons (Fsp3) is 0.800. The molecule has 0 aliphatic heterocycles. The Morgan fingerprint density at radius 2 is 1.61 bits per heavy atom. The molecule has 0 N–H and O–H groups in total. The highest BCUT2D eigenvalue weighted by molar-refractivity contribution is 9.11. The SMILES string of the molecule is CCCCCCCC/C(Br)=C/C(=O)OCCCC. The second-order valence-corrected chi connectivity index (χ2v) is 5.65. The molecule has 0 saturated heterocycles. The fourth-order valence-electron chi connectivity index (χ4n) is 1.63. The molecule has 0 aromatic carbocycles. The van der Waals surface area contributed by atoms with Gasteiger partial charge in [0.15, 0.2) is 0 Å². The summed E-state index contributed by atoms with van der Waals surface area (Å²) in [4.78, 5) is 11.4. The Kier molecular flexibility index (Phi) is 12.9. The molecule has 0 bridgehead atoms. The van der Waals surface area contributed by atoms with Gasteiger partial charge in [-0.3, -0.25) is 0 Å². The van der Waals surface area contributed by atoms with Gasteiger partial charge in [0, 0.05) is 10.6 Å². The quantitative estimate of drug-likeness (QED) is 0.291. The summed E-state index contributed by atoms with van der Waals surface area (Å²) >= 11 is 3.43. The van der Waals surface area contributed by atoms with E-state index in [0.29, 0.717) is 6.61 Å². The van der Waals surface area contributed by atoms with Crippen LogP contribution in [0.2, 0.25) is 0 Å². The molecule has 0 aliphatic rings. The first-order valence-corrected chi connectivity index (χ1v) is 8.02. The number of hydrogen-bond donors (Lipinski definition) is 0. The predicted molar refractivity (Wildman–Crippen MR) is 80.9 cm³/mol. The lowest BCUT2D eigenvalue weighted by atomic mass is 10.1. The van der Waals surface area contributed by atoms with E-state index in [9.17, 15) is 4.79 Å². The van der Waals surface area contributed by atoms with E-state index >= 15 is 0 Å².